The summed E-state index contributed by atoms with van der Waals surface area (Å²) in [6.07, 6.45) is 2.11. The maximum Gasteiger partial charge on any atom is 0.410 e. The molecule has 0 atom stereocenters. The molecule has 7 nitrogen and oxygen atoms in total. The number of carbonyl (C=O) groups is 2. The summed E-state index contributed by atoms with van der Waals surface area (Å²) in [6.45, 7) is 4.67. The van der Waals surface area contributed by atoms with Gasteiger partial charge in [0.15, 0.2) is 0 Å². The van der Waals surface area contributed by atoms with Crippen LogP contribution < -0.4 is 0 Å². The number of esters is 1. The first-order valence-corrected chi connectivity index (χ1v) is 8.32. The summed E-state index contributed by atoms with van der Waals surface area (Å²) < 4.78 is 36.6. The van der Waals surface area contributed by atoms with Gasteiger partial charge in [-0.3, -0.25) is 0 Å². The molecule has 0 bridgehead atoms. The second-order valence-corrected chi connectivity index (χ2v) is 6.82. The number of ether oxygens (including phenoxy) is 2. The van der Waals surface area contributed by atoms with E-state index in [0.29, 0.717) is 21.4 Å². The van der Waals surface area contributed by atoms with Crippen LogP contribution in [0.5, 0.6) is 0 Å². The van der Waals surface area contributed by atoms with Gasteiger partial charge >= 0.3 is 18.6 Å². The van der Waals surface area contributed by atoms with Crippen molar-refractivity contribution < 1.29 is 27.8 Å². The van der Waals surface area contributed by atoms with E-state index in [0.717, 1.165) is 6.20 Å². The Hall–Kier alpha value is -2.45. The number of carbonyl (C=O) groups excluding carboxylic acids is 2. The molecule has 0 unspecified atom stereocenters. The molecule has 2 heterocycles. The van der Waals surface area contributed by atoms with Gasteiger partial charge in [0.25, 0.3) is 0 Å². The topological polar surface area (TPSA) is 73.7 Å². The fourth-order valence-electron chi connectivity index (χ4n) is 2.55. The molecule has 0 radical (unpaired) electrons. The molecular formula is C17H23F2N3O4. The van der Waals surface area contributed by atoms with Gasteiger partial charge < -0.3 is 14.4 Å². The van der Waals surface area contributed by atoms with E-state index in [1.54, 1.807) is 27.7 Å². The van der Waals surface area contributed by atoms with Gasteiger partial charge in [0.05, 0.1) is 19.3 Å². The molecule has 1 aromatic heterocycles. The van der Waals surface area contributed by atoms with Crippen molar-refractivity contribution in [2.45, 2.75) is 46.3 Å². The lowest BCUT2D eigenvalue weighted by Gasteiger charge is -2.32. The summed E-state index contributed by atoms with van der Waals surface area (Å²) in [5, 5.41) is 3.61. The number of rotatable bonds is 4. The second-order valence-electron chi connectivity index (χ2n) is 6.82. The van der Waals surface area contributed by atoms with E-state index in [-0.39, 0.29) is 26.1 Å². The van der Waals surface area contributed by atoms with Gasteiger partial charge in [-0.25, -0.2) is 14.3 Å². The summed E-state index contributed by atoms with van der Waals surface area (Å²) in [5.74, 6) is -0.517. The quantitative estimate of drug-likeness (QED) is 0.760. The van der Waals surface area contributed by atoms with Crippen molar-refractivity contribution in [3.8, 4) is 0 Å². The number of hydrogen-bond donors (Lipinski definition) is 0. The Bertz CT molecular complexity index is 707. The molecule has 9 heteroatoms. The van der Waals surface area contributed by atoms with E-state index in [2.05, 4.69) is 5.10 Å². The van der Waals surface area contributed by atoms with Gasteiger partial charge in [0, 0.05) is 23.9 Å². The molecule has 0 aromatic carbocycles. The zero-order valence-corrected chi connectivity index (χ0v) is 15.3. The van der Waals surface area contributed by atoms with Crippen molar-refractivity contribution in [1.82, 2.24) is 14.7 Å². The van der Waals surface area contributed by atoms with Crippen molar-refractivity contribution >= 4 is 17.6 Å². The van der Waals surface area contributed by atoms with Gasteiger partial charge in [-0.05, 0) is 39.7 Å². The highest BCUT2D eigenvalue weighted by atomic mass is 19.3. The average Bonchev–Trinajstić information content (AvgIpc) is 3.03. The first kappa shape index (κ1) is 19.9. The molecule has 2 rings (SSSR count). The maximum absolute atomic E-state index is 12.8. The van der Waals surface area contributed by atoms with Crippen LogP contribution in [0.3, 0.4) is 0 Å². The Morgan fingerprint density at radius 1 is 1.35 bits per heavy atom. The Morgan fingerprint density at radius 3 is 2.58 bits per heavy atom. The van der Waals surface area contributed by atoms with Crippen molar-refractivity contribution in [3.63, 3.8) is 0 Å². The van der Waals surface area contributed by atoms with E-state index in [4.69, 9.17) is 9.47 Å². The van der Waals surface area contributed by atoms with Crippen LogP contribution in [-0.2, 0) is 14.3 Å². The maximum atomic E-state index is 12.8. The molecule has 1 aliphatic rings. The normalized spacial score (nSPS) is 15.4. The van der Waals surface area contributed by atoms with Crippen molar-refractivity contribution in [2.75, 3.05) is 19.7 Å². The minimum absolute atomic E-state index is 0.0536. The summed E-state index contributed by atoms with van der Waals surface area (Å²) >= 11 is 0. The molecule has 1 aromatic rings. The third-order valence-corrected chi connectivity index (χ3v) is 3.67. The number of alkyl halides is 2. The fourth-order valence-corrected chi connectivity index (χ4v) is 2.55. The van der Waals surface area contributed by atoms with Gasteiger partial charge in [-0.1, -0.05) is 0 Å². The number of hydrogen-bond acceptors (Lipinski definition) is 5. The van der Waals surface area contributed by atoms with Crippen LogP contribution >= 0.6 is 0 Å². The van der Waals surface area contributed by atoms with Crippen LogP contribution in [0.4, 0.5) is 13.6 Å². The molecule has 0 fully saturated rings. The van der Waals surface area contributed by atoms with E-state index in [1.807, 2.05) is 0 Å². The number of nitrogens with zero attached hydrogens (tertiary/aromatic N) is 3. The average molecular weight is 371 g/mol. The molecule has 0 N–H and O–H groups in total. The van der Waals surface area contributed by atoms with E-state index < -0.39 is 24.2 Å². The Kier molecular flexibility index (Phi) is 5.99. The predicted octanol–water partition coefficient (Wildman–Crippen LogP) is 3.24. The first-order valence-electron chi connectivity index (χ1n) is 8.32. The van der Waals surface area contributed by atoms with Gasteiger partial charge in [0.2, 0.25) is 0 Å². The van der Waals surface area contributed by atoms with Crippen molar-refractivity contribution in [2.24, 2.45) is 0 Å². The van der Waals surface area contributed by atoms with Gasteiger partial charge in [-0.15, -0.1) is 0 Å². The Morgan fingerprint density at radius 2 is 2.04 bits per heavy atom. The molecular weight excluding hydrogens is 348 g/mol. The first-order chi connectivity index (χ1) is 12.1. The highest BCUT2D eigenvalue weighted by Gasteiger charge is 2.31. The fraction of sp³-hybridized carbons (Fsp3) is 0.588. The summed E-state index contributed by atoms with van der Waals surface area (Å²) in [5.41, 5.74) is 0.484. The Labute approximate surface area is 150 Å². The lowest BCUT2D eigenvalue weighted by Crippen LogP contribution is -2.41. The van der Waals surface area contributed by atoms with Gasteiger partial charge in [-0.2, -0.15) is 13.9 Å². The monoisotopic (exact) mass is 371 g/mol. The number of halogens is 2. The smallest absolute Gasteiger partial charge is 0.410 e. The zero-order valence-electron chi connectivity index (χ0n) is 15.3. The van der Waals surface area contributed by atoms with Crippen molar-refractivity contribution in [3.05, 3.63) is 23.5 Å². The molecule has 0 saturated carbocycles. The molecule has 26 heavy (non-hydrogen) atoms. The highest BCUT2D eigenvalue weighted by molar-refractivity contribution is 5.99. The summed E-state index contributed by atoms with van der Waals surface area (Å²) in [6, 6.07) is 0. The van der Waals surface area contributed by atoms with Crippen molar-refractivity contribution in [1.29, 1.82) is 0 Å². The van der Waals surface area contributed by atoms with Crippen LogP contribution in [0.15, 0.2) is 18.0 Å². The van der Waals surface area contributed by atoms with E-state index in [1.165, 1.54) is 11.1 Å². The molecule has 0 spiro atoms. The molecule has 0 aliphatic carbocycles. The van der Waals surface area contributed by atoms with Crippen LogP contribution in [0, 0.1) is 0 Å². The summed E-state index contributed by atoms with van der Waals surface area (Å²) in [4.78, 5) is 26.0. The van der Waals surface area contributed by atoms with Gasteiger partial charge in [0.1, 0.15) is 5.60 Å². The molecule has 1 aliphatic heterocycles. The van der Waals surface area contributed by atoms with Crippen LogP contribution in [0.2, 0.25) is 0 Å². The standard InChI is InChI=1S/C17H23F2N3O4/c1-5-25-14(23)12-6-7-21(16(24)26-17(2,3)4)10-13(12)11-8-20-22(9-11)15(18)19/h8-9,15H,5-7,10H2,1-4H3. The second kappa shape index (κ2) is 7.84. The van der Waals surface area contributed by atoms with Crippen LogP contribution in [0.1, 0.15) is 46.2 Å². The third kappa shape index (κ3) is 4.80. The summed E-state index contributed by atoms with van der Waals surface area (Å²) in [7, 11) is 0. The molecule has 0 saturated heterocycles. The van der Waals surface area contributed by atoms with Crippen LogP contribution in [0.25, 0.3) is 5.57 Å². The molecule has 144 valence electrons. The lowest BCUT2D eigenvalue weighted by atomic mass is 9.96. The minimum Gasteiger partial charge on any atom is -0.463 e. The van der Waals surface area contributed by atoms with Crippen LogP contribution in [-0.4, -0.2) is 52.0 Å². The third-order valence-electron chi connectivity index (χ3n) is 3.67. The number of aromatic nitrogens is 2. The minimum atomic E-state index is -2.79. The number of amides is 1. The zero-order chi connectivity index (χ0) is 19.5. The largest absolute Gasteiger partial charge is 0.463 e. The Balaban J connectivity index is 2.33. The van der Waals surface area contributed by atoms with E-state index in [9.17, 15) is 18.4 Å². The highest BCUT2D eigenvalue weighted by Crippen LogP contribution is 2.29. The lowest BCUT2D eigenvalue weighted by molar-refractivity contribution is -0.138. The molecule has 1 amide bonds. The SMILES string of the molecule is CCOC(=O)C1=C(c2cnn(C(F)F)c2)CN(C(=O)OC(C)(C)C)CC1. The predicted molar refractivity (Wildman–Crippen MR) is 89.5 cm³/mol. The van der Waals surface area contributed by atoms with E-state index >= 15 is 0 Å².